The van der Waals surface area contributed by atoms with Gasteiger partial charge < -0.3 is 14.6 Å². The minimum Gasteiger partial charge on any atom is -0.481 e. The van der Waals surface area contributed by atoms with Gasteiger partial charge in [-0.3, -0.25) is 9.59 Å². The average Bonchev–Trinajstić information content (AvgIpc) is 2.37. The quantitative estimate of drug-likeness (QED) is 0.744. The summed E-state index contributed by atoms with van der Waals surface area (Å²) in [7, 11) is 1.39. The Morgan fingerprint density at radius 3 is 2.50 bits per heavy atom. The molecule has 0 spiro atoms. The van der Waals surface area contributed by atoms with Gasteiger partial charge in [-0.25, -0.2) is 0 Å². The maximum Gasteiger partial charge on any atom is 0.309 e. The minimum atomic E-state index is -1.06. The Labute approximate surface area is 105 Å². The van der Waals surface area contributed by atoms with Crippen LogP contribution >= 0.6 is 0 Å². The lowest BCUT2D eigenvalue weighted by atomic mass is 10.1. The highest BCUT2D eigenvalue weighted by molar-refractivity contribution is 5.78. The number of carboxylic acid groups (broad SMARTS) is 1. The first-order valence-corrected chi connectivity index (χ1v) is 5.54. The monoisotopic (exact) mass is 252 g/mol. The minimum absolute atomic E-state index is 0.00420. The number of hydrogen-bond acceptors (Lipinski definition) is 4. The van der Waals surface area contributed by atoms with Crippen LogP contribution in [0.25, 0.3) is 0 Å². The highest BCUT2D eigenvalue weighted by Gasteiger charge is 2.21. The van der Waals surface area contributed by atoms with Crippen LogP contribution in [0.2, 0.25) is 0 Å². The Morgan fingerprint density at radius 2 is 1.94 bits per heavy atom. The summed E-state index contributed by atoms with van der Waals surface area (Å²) in [5.41, 5.74) is 0.865. The predicted octanol–water partition coefficient (Wildman–Crippen LogP) is 1.47. The average molecular weight is 252 g/mol. The van der Waals surface area contributed by atoms with E-state index >= 15 is 0 Å². The van der Waals surface area contributed by atoms with E-state index in [2.05, 4.69) is 0 Å². The van der Waals surface area contributed by atoms with Crippen molar-refractivity contribution in [2.75, 3.05) is 13.7 Å². The molecule has 1 atom stereocenters. The van der Waals surface area contributed by atoms with Crippen LogP contribution < -0.4 is 0 Å². The zero-order valence-electron chi connectivity index (χ0n) is 10.2. The van der Waals surface area contributed by atoms with Gasteiger partial charge >= 0.3 is 11.9 Å². The smallest absolute Gasteiger partial charge is 0.309 e. The van der Waals surface area contributed by atoms with Crippen LogP contribution in [-0.4, -0.2) is 30.8 Å². The number of carbonyl (C=O) groups excluding carboxylic acids is 1. The fraction of sp³-hybridized carbons (Fsp3) is 0.385. The molecule has 1 aromatic carbocycles. The Morgan fingerprint density at radius 1 is 1.28 bits per heavy atom. The van der Waals surface area contributed by atoms with Crippen LogP contribution in [0.15, 0.2) is 30.3 Å². The highest BCUT2D eigenvalue weighted by atomic mass is 16.5. The van der Waals surface area contributed by atoms with E-state index < -0.39 is 17.9 Å². The highest BCUT2D eigenvalue weighted by Crippen LogP contribution is 2.08. The van der Waals surface area contributed by atoms with Gasteiger partial charge in [0.05, 0.1) is 18.9 Å². The summed E-state index contributed by atoms with van der Waals surface area (Å²) in [6.07, 6.45) is -0.185. The molecule has 5 heteroatoms. The maximum atomic E-state index is 11.5. The second-order valence-electron chi connectivity index (χ2n) is 3.84. The van der Waals surface area contributed by atoms with Gasteiger partial charge in [0.25, 0.3) is 0 Å². The fourth-order valence-electron chi connectivity index (χ4n) is 1.42. The molecule has 0 bridgehead atoms. The molecule has 5 nitrogen and oxygen atoms in total. The number of methoxy groups -OCH3 is 1. The number of esters is 1. The third-order valence-electron chi connectivity index (χ3n) is 2.37. The zero-order valence-corrected chi connectivity index (χ0v) is 10.2. The van der Waals surface area contributed by atoms with Gasteiger partial charge in [-0.05, 0) is 5.56 Å². The van der Waals surface area contributed by atoms with E-state index in [1.807, 2.05) is 30.3 Å². The second-order valence-corrected chi connectivity index (χ2v) is 3.84. The molecule has 1 N–H and O–H groups in total. The molecule has 0 radical (unpaired) electrons. The van der Waals surface area contributed by atoms with Crippen molar-refractivity contribution in [3.05, 3.63) is 35.9 Å². The van der Waals surface area contributed by atoms with Gasteiger partial charge in [0, 0.05) is 7.11 Å². The molecule has 0 amide bonds. The van der Waals surface area contributed by atoms with Crippen LogP contribution in [0.3, 0.4) is 0 Å². The molecule has 0 aliphatic rings. The molecule has 98 valence electrons. The van der Waals surface area contributed by atoms with Gasteiger partial charge in [0.2, 0.25) is 0 Å². The second kappa shape index (κ2) is 7.45. The Kier molecular flexibility index (Phi) is 5.87. The van der Waals surface area contributed by atoms with Gasteiger partial charge in [0.1, 0.15) is 6.61 Å². The summed E-state index contributed by atoms with van der Waals surface area (Å²) in [4.78, 5) is 22.3. The van der Waals surface area contributed by atoms with E-state index in [4.69, 9.17) is 14.6 Å². The molecule has 0 aliphatic carbocycles. The molecule has 0 saturated carbocycles. The molecule has 0 fully saturated rings. The number of aliphatic carboxylic acids is 1. The van der Waals surface area contributed by atoms with E-state index in [9.17, 15) is 9.59 Å². The van der Waals surface area contributed by atoms with Crippen LogP contribution in [0, 0.1) is 5.92 Å². The van der Waals surface area contributed by atoms with Gasteiger partial charge in [-0.15, -0.1) is 0 Å². The SMILES string of the molecule is COC[C@@H](CC(=O)OCc1ccccc1)C(=O)O. The molecule has 1 aromatic rings. The summed E-state index contributed by atoms with van der Waals surface area (Å²) in [6, 6.07) is 9.21. The third kappa shape index (κ3) is 4.97. The lowest BCUT2D eigenvalue weighted by molar-refractivity contribution is -0.153. The molecule has 0 saturated heterocycles. The van der Waals surface area contributed by atoms with Crippen molar-refractivity contribution in [1.29, 1.82) is 0 Å². The van der Waals surface area contributed by atoms with Crippen LogP contribution in [0.4, 0.5) is 0 Å². The Hall–Kier alpha value is -1.88. The number of carboxylic acids is 1. The van der Waals surface area contributed by atoms with Crippen molar-refractivity contribution in [3.63, 3.8) is 0 Å². The van der Waals surface area contributed by atoms with E-state index in [0.717, 1.165) is 5.56 Å². The lowest BCUT2D eigenvalue weighted by Crippen LogP contribution is -2.23. The zero-order chi connectivity index (χ0) is 13.4. The predicted molar refractivity (Wildman–Crippen MR) is 63.9 cm³/mol. The first-order valence-electron chi connectivity index (χ1n) is 5.54. The molecule has 18 heavy (non-hydrogen) atoms. The molecular formula is C13H16O5. The maximum absolute atomic E-state index is 11.5. The van der Waals surface area contributed by atoms with E-state index in [1.165, 1.54) is 7.11 Å². The van der Waals surface area contributed by atoms with Gasteiger partial charge in [-0.2, -0.15) is 0 Å². The third-order valence-corrected chi connectivity index (χ3v) is 2.37. The molecule has 0 unspecified atom stereocenters. The van der Waals surface area contributed by atoms with Crippen LogP contribution in [0.1, 0.15) is 12.0 Å². The lowest BCUT2D eigenvalue weighted by Gasteiger charge is -2.10. The largest absolute Gasteiger partial charge is 0.481 e. The van der Waals surface area contributed by atoms with Crippen molar-refractivity contribution in [3.8, 4) is 0 Å². The number of hydrogen-bond donors (Lipinski definition) is 1. The Bertz CT molecular complexity index is 388. The number of carbonyl (C=O) groups is 2. The topological polar surface area (TPSA) is 72.8 Å². The first-order chi connectivity index (χ1) is 8.63. The van der Waals surface area contributed by atoms with Crippen molar-refractivity contribution in [2.24, 2.45) is 5.92 Å². The summed E-state index contributed by atoms with van der Waals surface area (Å²) >= 11 is 0. The van der Waals surface area contributed by atoms with Gasteiger partial charge in [-0.1, -0.05) is 30.3 Å². The number of rotatable bonds is 7. The fourth-order valence-corrected chi connectivity index (χ4v) is 1.42. The molecule has 1 rings (SSSR count). The van der Waals surface area contributed by atoms with Crippen LogP contribution in [-0.2, 0) is 25.7 Å². The van der Waals surface area contributed by atoms with Gasteiger partial charge in [0.15, 0.2) is 0 Å². The van der Waals surface area contributed by atoms with E-state index in [-0.39, 0.29) is 19.6 Å². The van der Waals surface area contributed by atoms with Crippen molar-refractivity contribution in [1.82, 2.24) is 0 Å². The molecular weight excluding hydrogens is 236 g/mol. The summed E-state index contributed by atoms with van der Waals surface area (Å²) in [5, 5.41) is 8.85. The number of ether oxygens (including phenoxy) is 2. The van der Waals surface area contributed by atoms with E-state index in [0.29, 0.717) is 0 Å². The molecule has 0 heterocycles. The van der Waals surface area contributed by atoms with Crippen molar-refractivity contribution < 1.29 is 24.2 Å². The summed E-state index contributed by atoms with van der Waals surface area (Å²) in [5.74, 6) is -2.46. The summed E-state index contributed by atoms with van der Waals surface area (Å²) in [6.45, 7) is 0.148. The Balaban J connectivity index is 2.39. The first kappa shape index (κ1) is 14.2. The summed E-state index contributed by atoms with van der Waals surface area (Å²) < 4.78 is 9.74. The van der Waals surface area contributed by atoms with Crippen molar-refractivity contribution in [2.45, 2.75) is 13.0 Å². The number of benzene rings is 1. The van der Waals surface area contributed by atoms with Crippen molar-refractivity contribution >= 4 is 11.9 Å². The van der Waals surface area contributed by atoms with E-state index in [1.54, 1.807) is 0 Å². The molecule has 0 aliphatic heterocycles. The normalized spacial score (nSPS) is 11.8. The van der Waals surface area contributed by atoms with Crippen LogP contribution in [0.5, 0.6) is 0 Å². The molecule has 0 aromatic heterocycles. The standard InChI is InChI=1S/C13H16O5/c1-17-9-11(13(15)16)7-12(14)18-8-10-5-3-2-4-6-10/h2-6,11H,7-9H2,1H3,(H,15,16)/t11-/m1/s1.